The molecule has 0 bridgehead atoms. The zero-order chi connectivity index (χ0) is 13.9. The monoisotopic (exact) mass is 272 g/mol. The lowest BCUT2D eigenvalue weighted by Gasteiger charge is -2.25. The Morgan fingerprint density at radius 2 is 1.37 bits per heavy atom. The fourth-order valence-electron chi connectivity index (χ4n) is 2.14. The molecule has 0 aliphatic heterocycles. The Morgan fingerprint density at radius 1 is 0.842 bits per heavy atom. The lowest BCUT2D eigenvalue weighted by molar-refractivity contribution is 0.396. The summed E-state index contributed by atoms with van der Waals surface area (Å²) in [7, 11) is 0. The molecule has 1 heteroatoms. The quantitative estimate of drug-likeness (QED) is 0.638. The van der Waals surface area contributed by atoms with Crippen LogP contribution in [0.2, 0.25) is 0 Å². The van der Waals surface area contributed by atoms with E-state index in [0.29, 0.717) is 0 Å². The summed E-state index contributed by atoms with van der Waals surface area (Å²) >= 11 is 6.49. The van der Waals surface area contributed by atoms with Crippen LogP contribution in [0.5, 0.6) is 0 Å². The maximum Gasteiger partial charge on any atom is 0.0633 e. The number of hydrogen-bond donors (Lipinski definition) is 0. The van der Waals surface area contributed by atoms with Crippen molar-refractivity contribution in [2.45, 2.75) is 32.6 Å². The van der Waals surface area contributed by atoms with Crippen molar-refractivity contribution in [2.24, 2.45) is 5.41 Å². The SMILES string of the molecule is CC(C)(C)C(Cl)c1ccc(Cc2ccccc2)cc1. The van der Waals surface area contributed by atoms with Crippen molar-refractivity contribution in [1.29, 1.82) is 0 Å². The first-order chi connectivity index (χ1) is 8.97. The third-order valence-electron chi connectivity index (χ3n) is 3.28. The molecule has 1 atom stereocenters. The van der Waals surface area contributed by atoms with Gasteiger partial charge in [-0.3, -0.25) is 0 Å². The minimum absolute atomic E-state index is 0.0540. The fourth-order valence-corrected chi connectivity index (χ4v) is 2.28. The molecular formula is C18H21Cl. The Morgan fingerprint density at radius 3 is 1.89 bits per heavy atom. The first-order valence-electron chi connectivity index (χ1n) is 6.73. The third kappa shape index (κ3) is 3.84. The van der Waals surface area contributed by atoms with Gasteiger partial charge in [0.2, 0.25) is 0 Å². The molecule has 1 unspecified atom stereocenters. The first kappa shape index (κ1) is 14.1. The Balaban J connectivity index is 2.11. The summed E-state index contributed by atoms with van der Waals surface area (Å²) in [6.07, 6.45) is 0.976. The molecule has 0 aromatic heterocycles. The average molecular weight is 273 g/mol. The van der Waals surface area contributed by atoms with Crippen LogP contribution in [0.4, 0.5) is 0 Å². The molecule has 2 aromatic carbocycles. The topological polar surface area (TPSA) is 0 Å². The molecule has 0 aliphatic rings. The molecule has 0 radical (unpaired) electrons. The molecule has 0 saturated carbocycles. The van der Waals surface area contributed by atoms with E-state index >= 15 is 0 Å². The van der Waals surface area contributed by atoms with Crippen LogP contribution in [-0.4, -0.2) is 0 Å². The highest BCUT2D eigenvalue weighted by Crippen LogP contribution is 2.38. The van der Waals surface area contributed by atoms with Crippen LogP contribution < -0.4 is 0 Å². The second kappa shape index (κ2) is 5.79. The molecule has 0 nitrogen and oxygen atoms in total. The van der Waals surface area contributed by atoms with Crippen molar-refractivity contribution in [2.75, 3.05) is 0 Å². The van der Waals surface area contributed by atoms with Gasteiger partial charge < -0.3 is 0 Å². The van der Waals surface area contributed by atoms with Crippen molar-refractivity contribution in [3.63, 3.8) is 0 Å². The molecule has 19 heavy (non-hydrogen) atoms. The molecule has 2 aromatic rings. The molecule has 2 rings (SSSR count). The summed E-state index contributed by atoms with van der Waals surface area (Å²) in [5.41, 5.74) is 3.95. The third-order valence-corrected chi connectivity index (χ3v) is 4.19. The van der Waals surface area contributed by atoms with Gasteiger partial charge in [0.15, 0.2) is 0 Å². The summed E-state index contributed by atoms with van der Waals surface area (Å²) < 4.78 is 0. The Labute approximate surface area is 121 Å². The van der Waals surface area contributed by atoms with E-state index in [0.717, 1.165) is 6.42 Å². The van der Waals surface area contributed by atoms with Crippen molar-refractivity contribution >= 4 is 11.6 Å². The van der Waals surface area contributed by atoms with Gasteiger partial charge in [-0.05, 0) is 28.5 Å². The summed E-state index contributed by atoms with van der Waals surface area (Å²) in [6, 6.07) is 19.2. The van der Waals surface area contributed by atoms with E-state index in [1.807, 2.05) is 6.07 Å². The smallest absolute Gasteiger partial charge is 0.0633 e. The number of rotatable bonds is 3. The van der Waals surface area contributed by atoms with E-state index in [1.165, 1.54) is 16.7 Å². The van der Waals surface area contributed by atoms with Gasteiger partial charge in [-0.15, -0.1) is 11.6 Å². The maximum absolute atomic E-state index is 6.49. The van der Waals surface area contributed by atoms with Crippen molar-refractivity contribution < 1.29 is 0 Å². The van der Waals surface area contributed by atoms with Crippen LogP contribution in [0, 0.1) is 5.41 Å². The predicted octanol–water partition coefficient (Wildman–Crippen LogP) is 5.60. The van der Waals surface area contributed by atoms with Crippen molar-refractivity contribution in [3.8, 4) is 0 Å². The van der Waals surface area contributed by atoms with Gasteiger partial charge in [0.25, 0.3) is 0 Å². The lowest BCUT2D eigenvalue weighted by Crippen LogP contribution is -2.13. The Hall–Kier alpha value is -1.27. The van der Waals surface area contributed by atoms with Gasteiger partial charge in [0, 0.05) is 0 Å². The van der Waals surface area contributed by atoms with Gasteiger partial charge in [0.1, 0.15) is 0 Å². The van der Waals surface area contributed by atoms with Crippen LogP contribution in [-0.2, 0) is 6.42 Å². The summed E-state index contributed by atoms with van der Waals surface area (Å²) in [6.45, 7) is 6.51. The first-order valence-corrected chi connectivity index (χ1v) is 7.17. The zero-order valence-electron chi connectivity index (χ0n) is 11.9. The molecule has 100 valence electrons. The summed E-state index contributed by atoms with van der Waals surface area (Å²) in [5, 5.41) is 0.0540. The second-order valence-corrected chi connectivity index (χ2v) is 6.57. The van der Waals surface area contributed by atoms with Gasteiger partial charge >= 0.3 is 0 Å². The Kier molecular flexibility index (Phi) is 4.31. The van der Waals surface area contributed by atoms with E-state index in [2.05, 4.69) is 69.3 Å². The van der Waals surface area contributed by atoms with Gasteiger partial charge in [-0.25, -0.2) is 0 Å². The standard InChI is InChI=1S/C18H21Cl/c1-18(2,3)17(19)16-11-9-15(10-12-16)13-14-7-5-4-6-8-14/h4-12,17H,13H2,1-3H3. The number of benzene rings is 2. The summed E-state index contributed by atoms with van der Waals surface area (Å²) in [5.74, 6) is 0. The number of alkyl halides is 1. The minimum atomic E-state index is 0.0540. The molecule has 0 N–H and O–H groups in total. The molecule has 0 saturated heterocycles. The predicted molar refractivity (Wildman–Crippen MR) is 83.7 cm³/mol. The van der Waals surface area contributed by atoms with Crippen LogP contribution in [0.25, 0.3) is 0 Å². The second-order valence-electron chi connectivity index (χ2n) is 6.13. The van der Waals surface area contributed by atoms with Gasteiger partial charge in [-0.1, -0.05) is 75.4 Å². The molecular weight excluding hydrogens is 252 g/mol. The van der Waals surface area contributed by atoms with E-state index in [1.54, 1.807) is 0 Å². The highest BCUT2D eigenvalue weighted by molar-refractivity contribution is 6.21. The number of halogens is 1. The van der Waals surface area contributed by atoms with Crippen molar-refractivity contribution in [3.05, 3.63) is 71.3 Å². The maximum atomic E-state index is 6.49. The molecule has 0 heterocycles. The number of hydrogen-bond acceptors (Lipinski definition) is 0. The molecule has 0 aliphatic carbocycles. The van der Waals surface area contributed by atoms with E-state index in [-0.39, 0.29) is 10.8 Å². The molecule has 0 fully saturated rings. The van der Waals surface area contributed by atoms with Gasteiger partial charge in [-0.2, -0.15) is 0 Å². The zero-order valence-corrected chi connectivity index (χ0v) is 12.6. The Bertz CT molecular complexity index is 506. The minimum Gasteiger partial charge on any atom is -0.117 e. The van der Waals surface area contributed by atoms with E-state index in [9.17, 15) is 0 Å². The van der Waals surface area contributed by atoms with Crippen LogP contribution in [0.15, 0.2) is 54.6 Å². The molecule has 0 spiro atoms. The summed E-state index contributed by atoms with van der Waals surface area (Å²) in [4.78, 5) is 0. The van der Waals surface area contributed by atoms with E-state index < -0.39 is 0 Å². The highest BCUT2D eigenvalue weighted by Gasteiger charge is 2.23. The average Bonchev–Trinajstić information content (AvgIpc) is 2.39. The van der Waals surface area contributed by atoms with E-state index in [4.69, 9.17) is 11.6 Å². The van der Waals surface area contributed by atoms with Crippen LogP contribution in [0.3, 0.4) is 0 Å². The molecule has 0 amide bonds. The van der Waals surface area contributed by atoms with Crippen molar-refractivity contribution in [1.82, 2.24) is 0 Å². The normalized spacial score (nSPS) is 13.3. The largest absolute Gasteiger partial charge is 0.117 e. The highest BCUT2D eigenvalue weighted by atomic mass is 35.5. The lowest BCUT2D eigenvalue weighted by atomic mass is 9.87. The fraction of sp³-hybridized carbons (Fsp3) is 0.333. The van der Waals surface area contributed by atoms with Gasteiger partial charge in [0.05, 0.1) is 5.38 Å². The van der Waals surface area contributed by atoms with Crippen LogP contribution in [0.1, 0.15) is 42.8 Å². The van der Waals surface area contributed by atoms with Crippen LogP contribution >= 0.6 is 11.6 Å².